The zero-order valence-corrected chi connectivity index (χ0v) is 13.3. The van der Waals surface area contributed by atoms with E-state index in [1.54, 1.807) is 4.90 Å². The van der Waals surface area contributed by atoms with E-state index in [4.69, 9.17) is 0 Å². The van der Waals surface area contributed by atoms with Gasteiger partial charge in [-0.2, -0.15) is 0 Å². The fourth-order valence-corrected chi connectivity index (χ4v) is 3.92. The number of benzene rings is 1. The molecule has 4 rings (SSSR count). The van der Waals surface area contributed by atoms with Gasteiger partial charge in [0.05, 0.1) is 5.41 Å². The highest BCUT2D eigenvalue weighted by Crippen LogP contribution is 2.53. The summed E-state index contributed by atoms with van der Waals surface area (Å²) >= 11 is 0. The first-order valence-electron chi connectivity index (χ1n) is 8.22. The van der Waals surface area contributed by atoms with Gasteiger partial charge < -0.3 is 14.8 Å². The number of carbonyl (C=O) groups is 2. The van der Waals surface area contributed by atoms with Crippen molar-refractivity contribution in [2.45, 2.75) is 25.2 Å². The highest BCUT2D eigenvalue weighted by molar-refractivity contribution is 5.98. The Kier molecular flexibility index (Phi) is 3.18. The van der Waals surface area contributed by atoms with Crippen molar-refractivity contribution < 1.29 is 9.59 Å². The lowest BCUT2D eigenvalue weighted by atomic mass is 9.91. The van der Waals surface area contributed by atoms with Crippen LogP contribution < -0.4 is 0 Å². The van der Waals surface area contributed by atoms with Crippen LogP contribution >= 0.6 is 0 Å². The molecule has 0 radical (unpaired) electrons. The zero-order valence-electron chi connectivity index (χ0n) is 13.3. The van der Waals surface area contributed by atoms with E-state index in [1.165, 1.54) is 10.9 Å². The van der Waals surface area contributed by atoms with E-state index in [1.807, 2.05) is 17.0 Å². The molecule has 0 unspecified atom stereocenters. The molecule has 120 valence electrons. The van der Waals surface area contributed by atoms with Crippen molar-refractivity contribution in [3.05, 3.63) is 35.5 Å². The van der Waals surface area contributed by atoms with Gasteiger partial charge in [0.2, 0.25) is 12.3 Å². The standard InChI is InChI=1S/C18H21N3O2/c1-13-16(14-4-2-3-5-15(14)19-13)18(6-7-18)17(23)21-10-8-20(12-22)9-11-21/h2-5,12,19H,6-11H2,1H3. The Morgan fingerprint density at radius 2 is 1.87 bits per heavy atom. The Hall–Kier alpha value is -2.30. The Labute approximate surface area is 135 Å². The maximum atomic E-state index is 13.2. The Morgan fingerprint density at radius 3 is 2.52 bits per heavy atom. The predicted octanol–water partition coefficient (Wildman–Crippen LogP) is 1.81. The summed E-state index contributed by atoms with van der Waals surface area (Å²) in [6, 6.07) is 8.21. The Bertz CT molecular complexity index is 768. The molecule has 1 aromatic carbocycles. The van der Waals surface area contributed by atoms with Crippen LogP contribution in [0.3, 0.4) is 0 Å². The number of hydrogen-bond donors (Lipinski definition) is 1. The Morgan fingerprint density at radius 1 is 1.17 bits per heavy atom. The largest absolute Gasteiger partial charge is 0.358 e. The molecule has 0 bridgehead atoms. The van der Waals surface area contributed by atoms with Gasteiger partial charge in [0, 0.05) is 42.8 Å². The van der Waals surface area contributed by atoms with Gasteiger partial charge in [0.15, 0.2) is 0 Å². The number of aryl methyl sites for hydroxylation is 1. The van der Waals surface area contributed by atoms with Crippen molar-refractivity contribution in [2.24, 2.45) is 0 Å². The highest BCUT2D eigenvalue weighted by atomic mass is 16.2. The second-order valence-electron chi connectivity index (χ2n) is 6.69. The van der Waals surface area contributed by atoms with Crippen molar-refractivity contribution in [3.8, 4) is 0 Å². The lowest BCUT2D eigenvalue weighted by Crippen LogP contribution is -2.51. The molecule has 2 aromatic rings. The van der Waals surface area contributed by atoms with Gasteiger partial charge in [-0.1, -0.05) is 18.2 Å². The zero-order chi connectivity index (χ0) is 16.0. The smallest absolute Gasteiger partial charge is 0.233 e. The van der Waals surface area contributed by atoms with Crippen LogP contribution in [-0.2, 0) is 15.0 Å². The van der Waals surface area contributed by atoms with Crippen LogP contribution in [0.15, 0.2) is 24.3 Å². The highest BCUT2D eigenvalue weighted by Gasteiger charge is 2.55. The molecule has 2 heterocycles. The van der Waals surface area contributed by atoms with E-state index in [2.05, 4.69) is 24.0 Å². The molecular formula is C18H21N3O2. The number of carbonyl (C=O) groups excluding carboxylic acids is 2. The number of aromatic nitrogens is 1. The minimum atomic E-state index is -0.354. The molecule has 5 nitrogen and oxygen atoms in total. The summed E-state index contributed by atoms with van der Waals surface area (Å²) in [5.41, 5.74) is 3.02. The first-order valence-corrected chi connectivity index (χ1v) is 8.22. The molecule has 1 aromatic heterocycles. The number of para-hydroxylation sites is 1. The van der Waals surface area contributed by atoms with Crippen LogP contribution in [0.2, 0.25) is 0 Å². The van der Waals surface area contributed by atoms with Gasteiger partial charge in [-0.25, -0.2) is 0 Å². The van der Waals surface area contributed by atoms with Crippen molar-refractivity contribution in [1.29, 1.82) is 0 Å². The minimum absolute atomic E-state index is 0.232. The van der Waals surface area contributed by atoms with Crippen molar-refractivity contribution in [1.82, 2.24) is 14.8 Å². The van der Waals surface area contributed by atoms with Gasteiger partial charge in [0.1, 0.15) is 0 Å². The number of fused-ring (bicyclic) bond motifs is 1. The van der Waals surface area contributed by atoms with E-state index in [0.29, 0.717) is 26.2 Å². The van der Waals surface area contributed by atoms with Crippen LogP contribution in [0.25, 0.3) is 10.9 Å². The number of aromatic amines is 1. The molecule has 1 saturated heterocycles. The molecule has 2 fully saturated rings. The molecule has 0 spiro atoms. The van der Waals surface area contributed by atoms with E-state index in [0.717, 1.165) is 30.5 Å². The summed E-state index contributed by atoms with van der Waals surface area (Å²) in [5, 5.41) is 1.17. The van der Waals surface area contributed by atoms with Gasteiger partial charge in [0.25, 0.3) is 0 Å². The van der Waals surface area contributed by atoms with Crippen LogP contribution in [0.5, 0.6) is 0 Å². The first kappa shape index (κ1) is 14.3. The van der Waals surface area contributed by atoms with Crippen molar-refractivity contribution >= 4 is 23.2 Å². The lowest BCUT2D eigenvalue weighted by molar-refractivity contribution is -0.137. The topological polar surface area (TPSA) is 56.4 Å². The number of amides is 2. The van der Waals surface area contributed by atoms with Crippen LogP contribution in [0.4, 0.5) is 0 Å². The molecule has 2 amide bonds. The minimum Gasteiger partial charge on any atom is -0.358 e. The second kappa shape index (κ2) is 5.11. The number of piperazine rings is 1. The summed E-state index contributed by atoms with van der Waals surface area (Å²) in [6.07, 6.45) is 2.71. The third-order valence-electron chi connectivity index (χ3n) is 5.28. The summed E-state index contributed by atoms with van der Waals surface area (Å²) in [6.45, 7) is 4.62. The number of nitrogens with zero attached hydrogens (tertiary/aromatic N) is 2. The van der Waals surface area contributed by atoms with Gasteiger partial charge in [-0.15, -0.1) is 0 Å². The third kappa shape index (κ3) is 2.14. The molecule has 0 atom stereocenters. The molecule has 5 heteroatoms. The van der Waals surface area contributed by atoms with Gasteiger partial charge in [-0.3, -0.25) is 9.59 Å². The first-order chi connectivity index (χ1) is 11.2. The maximum Gasteiger partial charge on any atom is 0.233 e. The van der Waals surface area contributed by atoms with E-state index < -0.39 is 0 Å². The van der Waals surface area contributed by atoms with Crippen LogP contribution in [0, 0.1) is 6.92 Å². The average molecular weight is 311 g/mol. The number of hydrogen-bond acceptors (Lipinski definition) is 2. The van der Waals surface area contributed by atoms with E-state index in [9.17, 15) is 9.59 Å². The second-order valence-corrected chi connectivity index (χ2v) is 6.69. The fraction of sp³-hybridized carbons (Fsp3) is 0.444. The summed E-state index contributed by atoms with van der Waals surface area (Å²) in [4.78, 5) is 31.1. The number of rotatable bonds is 3. The molecule has 2 aliphatic rings. The Balaban J connectivity index is 1.66. The summed E-state index contributed by atoms with van der Waals surface area (Å²) in [5.74, 6) is 0.232. The predicted molar refractivity (Wildman–Crippen MR) is 88.2 cm³/mol. The SMILES string of the molecule is Cc1[nH]c2ccccc2c1C1(C(=O)N2CCN(C=O)CC2)CC1. The van der Waals surface area contributed by atoms with Gasteiger partial charge in [-0.05, 0) is 31.4 Å². The van der Waals surface area contributed by atoms with Crippen LogP contribution in [-0.4, -0.2) is 53.3 Å². The molecule has 1 aliphatic carbocycles. The molecular weight excluding hydrogens is 290 g/mol. The number of H-pyrrole nitrogens is 1. The van der Waals surface area contributed by atoms with E-state index in [-0.39, 0.29) is 11.3 Å². The monoisotopic (exact) mass is 311 g/mol. The average Bonchev–Trinajstić information content (AvgIpc) is 3.30. The van der Waals surface area contributed by atoms with Crippen LogP contribution in [0.1, 0.15) is 24.1 Å². The summed E-state index contributed by atoms with van der Waals surface area (Å²) < 4.78 is 0. The summed E-state index contributed by atoms with van der Waals surface area (Å²) in [7, 11) is 0. The third-order valence-corrected chi connectivity index (χ3v) is 5.28. The molecule has 1 aliphatic heterocycles. The van der Waals surface area contributed by atoms with E-state index >= 15 is 0 Å². The molecule has 1 N–H and O–H groups in total. The maximum absolute atomic E-state index is 13.2. The van der Waals surface area contributed by atoms with Crippen molar-refractivity contribution in [2.75, 3.05) is 26.2 Å². The molecule has 1 saturated carbocycles. The van der Waals surface area contributed by atoms with Crippen molar-refractivity contribution in [3.63, 3.8) is 0 Å². The number of nitrogens with one attached hydrogen (secondary N) is 1. The fourth-order valence-electron chi connectivity index (χ4n) is 3.92. The van der Waals surface area contributed by atoms with Gasteiger partial charge >= 0.3 is 0 Å². The lowest BCUT2D eigenvalue weighted by Gasteiger charge is -2.35. The quantitative estimate of drug-likeness (QED) is 0.879. The normalized spacial score (nSPS) is 19.9. The molecule has 23 heavy (non-hydrogen) atoms.